The zero-order valence-electron chi connectivity index (χ0n) is 11.8. The van der Waals surface area contributed by atoms with Crippen molar-refractivity contribution in [3.05, 3.63) is 65.2 Å². The first-order valence-corrected chi connectivity index (χ1v) is 6.91. The Morgan fingerprint density at radius 2 is 1.70 bits per heavy atom. The topological polar surface area (TPSA) is 41.5 Å². The molecule has 0 saturated heterocycles. The summed E-state index contributed by atoms with van der Waals surface area (Å²) in [6.07, 6.45) is 0. The van der Waals surface area contributed by atoms with Crippen LogP contribution in [0.5, 0.6) is 0 Å². The van der Waals surface area contributed by atoms with Gasteiger partial charge in [0.1, 0.15) is 0 Å². The molecule has 0 aliphatic heterocycles. The van der Waals surface area contributed by atoms with Crippen molar-refractivity contribution in [2.45, 2.75) is 26.7 Å². The van der Waals surface area contributed by atoms with E-state index in [1.807, 2.05) is 43.3 Å². The van der Waals surface area contributed by atoms with E-state index in [1.165, 1.54) is 11.1 Å². The second kappa shape index (κ2) is 7.68. The minimum atomic E-state index is 0.0882. The number of aliphatic hydroxyl groups is 1. The smallest absolute Gasteiger partial charge is 0.0736 e. The van der Waals surface area contributed by atoms with Crippen molar-refractivity contribution in [2.24, 2.45) is 0 Å². The molecule has 106 valence electrons. The van der Waals surface area contributed by atoms with Gasteiger partial charge in [-0.2, -0.15) is 0 Å². The maximum Gasteiger partial charge on any atom is 0.0736 e. The van der Waals surface area contributed by atoms with Crippen LogP contribution in [0.4, 0.5) is 5.69 Å². The van der Waals surface area contributed by atoms with Gasteiger partial charge in [0, 0.05) is 24.4 Å². The largest absolute Gasteiger partial charge is 0.392 e. The van der Waals surface area contributed by atoms with Gasteiger partial charge in [-0.25, -0.2) is 0 Å². The molecule has 0 aliphatic carbocycles. The fourth-order valence-corrected chi connectivity index (χ4v) is 1.99. The molecular formula is C17H21NO2. The zero-order chi connectivity index (χ0) is 14.2. The first kappa shape index (κ1) is 14.6. The summed E-state index contributed by atoms with van der Waals surface area (Å²) in [5.74, 6) is 0. The molecule has 0 spiro atoms. The van der Waals surface area contributed by atoms with Crippen molar-refractivity contribution in [3.8, 4) is 0 Å². The van der Waals surface area contributed by atoms with E-state index in [0.29, 0.717) is 6.61 Å². The molecule has 0 unspecified atom stereocenters. The molecule has 2 aromatic carbocycles. The fourth-order valence-electron chi connectivity index (χ4n) is 1.99. The van der Waals surface area contributed by atoms with Crippen molar-refractivity contribution < 1.29 is 9.84 Å². The van der Waals surface area contributed by atoms with Gasteiger partial charge < -0.3 is 15.2 Å². The SMILES string of the molecule is CCOCc1ccccc1NCc1ccc(CO)cc1. The Morgan fingerprint density at radius 3 is 2.40 bits per heavy atom. The predicted molar refractivity (Wildman–Crippen MR) is 81.5 cm³/mol. The van der Waals surface area contributed by atoms with Crippen molar-refractivity contribution in [1.29, 1.82) is 0 Å². The Morgan fingerprint density at radius 1 is 1.00 bits per heavy atom. The Kier molecular flexibility index (Phi) is 5.59. The lowest BCUT2D eigenvalue weighted by Gasteiger charge is -2.12. The number of hydrogen-bond acceptors (Lipinski definition) is 3. The van der Waals surface area contributed by atoms with Crippen molar-refractivity contribution >= 4 is 5.69 Å². The van der Waals surface area contributed by atoms with Crippen molar-refractivity contribution in [1.82, 2.24) is 0 Å². The molecule has 0 amide bonds. The van der Waals surface area contributed by atoms with Crippen LogP contribution in [0, 0.1) is 0 Å². The summed E-state index contributed by atoms with van der Waals surface area (Å²) >= 11 is 0. The van der Waals surface area contributed by atoms with Crippen LogP contribution in [0.3, 0.4) is 0 Å². The molecule has 0 heterocycles. The molecule has 0 aromatic heterocycles. The Labute approximate surface area is 120 Å². The lowest BCUT2D eigenvalue weighted by Crippen LogP contribution is -2.03. The Bertz CT molecular complexity index is 523. The normalized spacial score (nSPS) is 10.5. The van der Waals surface area contributed by atoms with Crippen LogP contribution in [0.2, 0.25) is 0 Å². The summed E-state index contributed by atoms with van der Waals surface area (Å²) in [7, 11) is 0. The van der Waals surface area contributed by atoms with Gasteiger partial charge >= 0.3 is 0 Å². The van der Waals surface area contributed by atoms with E-state index in [9.17, 15) is 0 Å². The molecular weight excluding hydrogens is 250 g/mol. The average Bonchev–Trinajstić information content (AvgIpc) is 2.52. The van der Waals surface area contributed by atoms with E-state index >= 15 is 0 Å². The predicted octanol–water partition coefficient (Wildman–Crippen LogP) is 3.33. The number of hydrogen-bond donors (Lipinski definition) is 2. The molecule has 2 aromatic rings. The third-order valence-corrected chi connectivity index (χ3v) is 3.17. The van der Waals surface area contributed by atoms with Crippen LogP contribution in [0.25, 0.3) is 0 Å². The van der Waals surface area contributed by atoms with Crippen LogP contribution < -0.4 is 5.32 Å². The number of para-hydroxylation sites is 1. The summed E-state index contributed by atoms with van der Waals surface area (Å²) in [5, 5.41) is 12.5. The number of rotatable bonds is 7. The first-order valence-electron chi connectivity index (χ1n) is 6.91. The van der Waals surface area contributed by atoms with Gasteiger partial charge in [-0.3, -0.25) is 0 Å². The van der Waals surface area contributed by atoms with Crippen LogP contribution in [0.15, 0.2) is 48.5 Å². The summed E-state index contributed by atoms with van der Waals surface area (Å²) in [4.78, 5) is 0. The number of anilines is 1. The third kappa shape index (κ3) is 4.08. The van der Waals surface area contributed by atoms with Gasteiger partial charge in [-0.05, 0) is 24.1 Å². The molecule has 0 fully saturated rings. The van der Waals surface area contributed by atoms with E-state index in [4.69, 9.17) is 9.84 Å². The van der Waals surface area contributed by atoms with Gasteiger partial charge in [-0.15, -0.1) is 0 Å². The Hall–Kier alpha value is -1.84. The first-order chi connectivity index (χ1) is 9.83. The van der Waals surface area contributed by atoms with E-state index in [0.717, 1.165) is 24.4 Å². The quantitative estimate of drug-likeness (QED) is 0.811. The summed E-state index contributed by atoms with van der Waals surface area (Å²) in [6.45, 7) is 4.19. The highest BCUT2D eigenvalue weighted by Crippen LogP contribution is 2.17. The van der Waals surface area contributed by atoms with E-state index in [1.54, 1.807) is 0 Å². The lowest BCUT2D eigenvalue weighted by atomic mass is 10.1. The molecule has 2 N–H and O–H groups in total. The highest BCUT2D eigenvalue weighted by Gasteiger charge is 2.01. The molecule has 0 bridgehead atoms. The number of aliphatic hydroxyl groups excluding tert-OH is 1. The molecule has 0 radical (unpaired) electrons. The second-order valence-corrected chi connectivity index (χ2v) is 4.62. The summed E-state index contributed by atoms with van der Waals surface area (Å²) in [6, 6.07) is 16.1. The minimum Gasteiger partial charge on any atom is -0.392 e. The van der Waals surface area contributed by atoms with Crippen LogP contribution in [-0.2, 0) is 24.5 Å². The fraction of sp³-hybridized carbons (Fsp3) is 0.294. The molecule has 2 rings (SSSR count). The number of ether oxygens (including phenoxy) is 1. The van der Waals surface area contributed by atoms with Crippen LogP contribution in [0.1, 0.15) is 23.6 Å². The maximum absolute atomic E-state index is 9.03. The summed E-state index contributed by atoms with van der Waals surface area (Å²) in [5.41, 5.74) is 4.40. The second-order valence-electron chi connectivity index (χ2n) is 4.62. The van der Waals surface area contributed by atoms with E-state index < -0.39 is 0 Å². The number of nitrogens with one attached hydrogen (secondary N) is 1. The van der Waals surface area contributed by atoms with Crippen LogP contribution >= 0.6 is 0 Å². The number of benzene rings is 2. The highest BCUT2D eigenvalue weighted by atomic mass is 16.5. The van der Waals surface area contributed by atoms with E-state index in [-0.39, 0.29) is 6.61 Å². The molecule has 3 heteroatoms. The third-order valence-electron chi connectivity index (χ3n) is 3.17. The van der Waals surface area contributed by atoms with Gasteiger partial charge in [0.25, 0.3) is 0 Å². The maximum atomic E-state index is 9.03. The highest BCUT2D eigenvalue weighted by molar-refractivity contribution is 5.51. The molecule has 0 saturated carbocycles. The van der Waals surface area contributed by atoms with Crippen molar-refractivity contribution in [2.75, 3.05) is 11.9 Å². The van der Waals surface area contributed by atoms with Gasteiger partial charge in [0.05, 0.1) is 13.2 Å². The average molecular weight is 271 g/mol. The van der Waals surface area contributed by atoms with Crippen molar-refractivity contribution in [3.63, 3.8) is 0 Å². The molecule has 20 heavy (non-hydrogen) atoms. The lowest BCUT2D eigenvalue weighted by molar-refractivity contribution is 0.134. The standard InChI is InChI=1S/C17H21NO2/c1-2-20-13-16-5-3-4-6-17(16)18-11-14-7-9-15(12-19)10-8-14/h3-10,18-19H,2,11-13H2,1H3. The van der Waals surface area contributed by atoms with Crippen LogP contribution in [-0.4, -0.2) is 11.7 Å². The van der Waals surface area contributed by atoms with Gasteiger partial charge in [0.15, 0.2) is 0 Å². The molecule has 3 nitrogen and oxygen atoms in total. The minimum absolute atomic E-state index is 0.0882. The zero-order valence-corrected chi connectivity index (χ0v) is 11.8. The summed E-state index contributed by atoms with van der Waals surface area (Å²) < 4.78 is 5.47. The van der Waals surface area contributed by atoms with Gasteiger partial charge in [0.2, 0.25) is 0 Å². The van der Waals surface area contributed by atoms with Gasteiger partial charge in [-0.1, -0.05) is 42.5 Å². The monoisotopic (exact) mass is 271 g/mol. The Balaban J connectivity index is 1.98. The molecule has 0 aliphatic rings. The van der Waals surface area contributed by atoms with E-state index in [2.05, 4.69) is 17.4 Å². The molecule has 0 atom stereocenters.